The summed E-state index contributed by atoms with van der Waals surface area (Å²) in [5.41, 5.74) is 0. The first-order chi connectivity index (χ1) is 36.2. The van der Waals surface area contributed by atoms with Crippen molar-refractivity contribution in [2.45, 2.75) is 315 Å². The van der Waals surface area contributed by atoms with Crippen molar-refractivity contribution in [1.82, 2.24) is 0 Å². The van der Waals surface area contributed by atoms with Crippen LogP contribution in [-0.2, 0) is 42.2 Å². The van der Waals surface area contributed by atoms with Gasteiger partial charge in [0, 0.05) is 19.3 Å². The van der Waals surface area contributed by atoms with Gasteiger partial charge in [0.2, 0.25) is 0 Å². The van der Waals surface area contributed by atoms with Gasteiger partial charge in [0.15, 0.2) is 6.10 Å². The number of ether oxygens (including phenoxy) is 3. The zero-order chi connectivity index (χ0) is 54.1. The second-order valence-electron chi connectivity index (χ2n) is 20.9. The Labute approximate surface area is 454 Å². The van der Waals surface area contributed by atoms with Gasteiger partial charge >= 0.3 is 25.7 Å². The van der Waals surface area contributed by atoms with E-state index in [9.17, 15) is 28.9 Å². The molecule has 0 radical (unpaired) electrons. The fraction of sp³-hybridized carbons (Fsp3) is 0.855. The average Bonchev–Trinajstić information content (AvgIpc) is 3.39. The number of hydrogen-bond acceptors (Lipinski definition) is 10. The maximum absolute atomic E-state index is 12.9. The molecule has 3 unspecified atom stereocenters. The van der Waals surface area contributed by atoms with Crippen LogP contribution in [0.2, 0.25) is 0 Å². The second-order valence-corrected chi connectivity index (χ2v) is 22.3. The van der Waals surface area contributed by atoms with Gasteiger partial charge in [-0.05, 0) is 51.4 Å². The molecule has 0 fully saturated rings. The molecular formula is C62H115O11P. The van der Waals surface area contributed by atoms with Crippen molar-refractivity contribution in [3.05, 3.63) is 36.5 Å². The molecular weight excluding hydrogens is 952 g/mol. The van der Waals surface area contributed by atoms with Gasteiger partial charge in [-0.25, -0.2) is 4.57 Å². The number of rotatable bonds is 58. The Morgan fingerprint density at radius 2 is 0.703 bits per heavy atom. The summed E-state index contributed by atoms with van der Waals surface area (Å²) >= 11 is 0. The summed E-state index contributed by atoms with van der Waals surface area (Å²) in [5.74, 6) is -1.45. The van der Waals surface area contributed by atoms with E-state index in [0.29, 0.717) is 19.3 Å². The average molecular weight is 1070 g/mol. The molecule has 0 spiro atoms. The number of carbonyl (C=O) groups is 3. The van der Waals surface area contributed by atoms with E-state index in [1.54, 1.807) is 0 Å². The molecule has 12 heteroatoms. The summed E-state index contributed by atoms with van der Waals surface area (Å²) in [6.45, 7) is 4.58. The first-order valence-corrected chi connectivity index (χ1v) is 32.4. The molecule has 0 saturated heterocycles. The zero-order valence-corrected chi connectivity index (χ0v) is 49.0. The standard InChI is InChI=1S/C62H115O11P/c1-4-7-10-13-16-19-22-24-26-28-29-31-33-35-38-41-44-47-50-53-62(66)73-59(55-69-60(64)51-48-45-42-39-36-21-18-15-12-9-6-3)57-71-74(67,68)70-56-58(54-63)72-61(65)52-49-46-43-40-37-34-32-30-27-25-23-20-17-14-11-8-5-2/h8,11,17,20,25,27,58-59,63H,4-7,9-10,12-16,18-19,21-24,26,28-57H2,1-3H3,(H,67,68)/b11-8-,20-17-,27-25-. The lowest BCUT2D eigenvalue weighted by atomic mass is 10.0. The molecule has 2 N–H and O–H groups in total. The lowest BCUT2D eigenvalue weighted by Gasteiger charge is -2.21. The van der Waals surface area contributed by atoms with Crippen molar-refractivity contribution in [3.63, 3.8) is 0 Å². The Kier molecular flexibility index (Phi) is 55.1. The molecule has 0 aliphatic rings. The van der Waals surface area contributed by atoms with Crippen LogP contribution in [0.5, 0.6) is 0 Å². The second kappa shape index (κ2) is 56.9. The Balaban J connectivity index is 4.61. The van der Waals surface area contributed by atoms with Crippen LogP contribution in [0, 0.1) is 0 Å². The molecule has 0 amide bonds. The molecule has 0 bridgehead atoms. The zero-order valence-electron chi connectivity index (χ0n) is 48.1. The summed E-state index contributed by atoms with van der Waals surface area (Å²) in [4.78, 5) is 48.6. The normalized spacial score (nSPS) is 13.5. The first kappa shape index (κ1) is 71.7. The molecule has 74 heavy (non-hydrogen) atoms. The molecule has 11 nitrogen and oxygen atoms in total. The molecule has 0 heterocycles. The highest BCUT2D eigenvalue weighted by atomic mass is 31.2. The molecule has 0 aliphatic carbocycles. The van der Waals surface area contributed by atoms with Crippen LogP contribution in [0.15, 0.2) is 36.5 Å². The Morgan fingerprint density at radius 1 is 0.392 bits per heavy atom. The number of unbranched alkanes of at least 4 members (excludes halogenated alkanes) is 35. The van der Waals surface area contributed by atoms with Crippen molar-refractivity contribution in [1.29, 1.82) is 0 Å². The highest BCUT2D eigenvalue weighted by molar-refractivity contribution is 7.47. The van der Waals surface area contributed by atoms with Gasteiger partial charge < -0.3 is 24.2 Å². The van der Waals surface area contributed by atoms with E-state index >= 15 is 0 Å². The minimum atomic E-state index is -4.74. The molecule has 0 rings (SSSR count). The Morgan fingerprint density at radius 3 is 1.08 bits per heavy atom. The maximum atomic E-state index is 12.9. The fourth-order valence-electron chi connectivity index (χ4n) is 8.90. The van der Waals surface area contributed by atoms with Crippen molar-refractivity contribution >= 4 is 25.7 Å². The van der Waals surface area contributed by atoms with Gasteiger partial charge in [-0.15, -0.1) is 0 Å². The SMILES string of the molecule is CC/C=C\C/C=C\C/C=C\CCCCCCCCCC(=O)OC(CO)COP(=O)(O)OCC(COC(=O)CCCCCCCCCCCCC)OC(=O)CCCCCCCCCCCCCCCCCCCCC. The molecule has 434 valence electrons. The van der Waals surface area contributed by atoms with Gasteiger partial charge in [-0.1, -0.05) is 269 Å². The monoisotopic (exact) mass is 1070 g/mol. The minimum Gasteiger partial charge on any atom is -0.462 e. The van der Waals surface area contributed by atoms with Crippen LogP contribution < -0.4 is 0 Å². The van der Waals surface area contributed by atoms with Crippen molar-refractivity contribution in [2.24, 2.45) is 0 Å². The van der Waals surface area contributed by atoms with Crippen LogP contribution in [0.1, 0.15) is 303 Å². The fourth-order valence-corrected chi connectivity index (χ4v) is 9.69. The van der Waals surface area contributed by atoms with Gasteiger partial charge in [0.25, 0.3) is 0 Å². The van der Waals surface area contributed by atoms with Gasteiger partial charge in [-0.3, -0.25) is 23.4 Å². The number of hydrogen-bond donors (Lipinski definition) is 2. The highest BCUT2D eigenvalue weighted by Gasteiger charge is 2.28. The van der Waals surface area contributed by atoms with E-state index in [1.165, 1.54) is 154 Å². The van der Waals surface area contributed by atoms with Crippen LogP contribution in [0.25, 0.3) is 0 Å². The predicted molar refractivity (Wildman–Crippen MR) is 307 cm³/mol. The van der Waals surface area contributed by atoms with Crippen LogP contribution in [-0.4, -0.2) is 66.5 Å². The Hall–Kier alpha value is -2.30. The highest BCUT2D eigenvalue weighted by Crippen LogP contribution is 2.43. The van der Waals surface area contributed by atoms with E-state index in [1.807, 2.05) is 0 Å². The predicted octanol–water partition coefficient (Wildman–Crippen LogP) is 18.4. The van der Waals surface area contributed by atoms with Crippen molar-refractivity contribution < 1.29 is 52.2 Å². The molecule has 0 aliphatic heterocycles. The summed E-state index contributed by atoms with van der Waals surface area (Å²) < 4.78 is 39.6. The largest absolute Gasteiger partial charge is 0.472 e. The van der Waals surface area contributed by atoms with E-state index in [2.05, 4.69) is 57.2 Å². The van der Waals surface area contributed by atoms with Crippen LogP contribution in [0.3, 0.4) is 0 Å². The van der Waals surface area contributed by atoms with Crippen LogP contribution in [0.4, 0.5) is 0 Å². The third-order valence-electron chi connectivity index (χ3n) is 13.6. The lowest BCUT2D eigenvalue weighted by molar-refractivity contribution is -0.161. The van der Waals surface area contributed by atoms with Crippen LogP contribution >= 0.6 is 7.82 Å². The summed E-state index contributed by atoms with van der Waals surface area (Å²) in [5, 5.41) is 9.83. The first-order valence-electron chi connectivity index (χ1n) is 30.9. The van der Waals surface area contributed by atoms with Crippen molar-refractivity contribution in [2.75, 3.05) is 26.4 Å². The third kappa shape index (κ3) is 54.5. The summed E-state index contributed by atoms with van der Waals surface area (Å²) in [7, 11) is -4.74. The number of aliphatic hydroxyl groups is 1. The smallest absolute Gasteiger partial charge is 0.462 e. The number of phosphoric acid groups is 1. The van der Waals surface area contributed by atoms with Gasteiger partial charge in [0.1, 0.15) is 12.7 Å². The maximum Gasteiger partial charge on any atom is 0.472 e. The van der Waals surface area contributed by atoms with E-state index < -0.39 is 57.8 Å². The number of allylic oxidation sites excluding steroid dienone is 6. The molecule has 0 aromatic heterocycles. The molecule has 0 saturated carbocycles. The Bertz CT molecular complexity index is 1380. The van der Waals surface area contributed by atoms with Gasteiger partial charge in [0.05, 0.1) is 19.8 Å². The lowest BCUT2D eigenvalue weighted by Crippen LogP contribution is -2.30. The number of phosphoric ester groups is 1. The third-order valence-corrected chi connectivity index (χ3v) is 14.5. The minimum absolute atomic E-state index is 0.169. The van der Waals surface area contributed by atoms with E-state index in [-0.39, 0.29) is 25.9 Å². The summed E-state index contributed by atoms with van der Waals surface area (Å²) in [6.07, 6.45) is 59.6. The molecule has 0 aromatic rings. The van der Waals surface area contributed by atoms with E-state index in [4.69, 9.17) is 23.3 Å². The number of esters is 3. The van der Waals surface area contributed by atoms with E-state index in [0.717, 1.165) is 89.9 Å². The number of carbonyl (C=O) groups excluding carboxylic acids is 3. The molecule has 3 atom stereocenters. The van der Waals surface area contributed by atoms with Crippen molar-refractivity contribution in [3.8, 4) is 0 Å². The molecule has 0 aromatic carbocycles. The summed E-state index contributed by atoms with van der Waals surface area (Å²) in [6, 6.07) is 0. The topological polar surface area (TPSA) is 155 Å². The number of aliphatic hydroxyl groups excluding tert-OH is 1. The quantitative estimate of drug-likeness (QED) is 0.0197. The van der Waals surface area contributed by atoms with Gasteiger partial charge in [-0.2, -0.15) is 0 Å².